The summed E-state index contributed by atoms with van der Waals surface area (Å²) in [5.41, 5.74) is 3.86. The minimum absolute atomic E-state index is 0.466. The number of nitrogens with one attached hydrogen (secondary N) is 1. The highest BCUT2D eigenvalue weighted by Gasteiger charge is 2.09. The predicted molar refractivity (Wildman–Crippen MR) is 93.5 cm³/mol. The number of anilines is 1. The minimum atomic E-state index is 0.466. The van der Waals surface area contributed by atoms with Gasteiger partial charge in [-0.1, -0.05) is 36.4 Å². The molecule has 0 spiro atoms. The molecule has 2 aromatic carbocycles. The summed E-state index contributed by atoms with van der Waals surface area (Å²) in [6.07, 6.45) is 0. The molecule has 5 heteroatoms. The van der Waals surface area contributed by atoms with E-state index in [9.17, 15) is 0 Å². The zero-order valence-electron chi connectivity index (χ0n) is 13.2. The van der Waals surface area contributed by atoms with Crippen LogP contribution in [0, 0.1) is 6.92 Å². The standard InChI is InChI=1S/C19H16N4O/c1-13-11-17(15-9-5-6-10-16(15)21-13)20-12-18-22-23-19(24-18)14-7-3-2-4-8-14/h2-11H,12H2,1H3,(H,20,21). The van der Waals surface area contributed by atoms with Crippen molar-refractivity contribution in [3.63, 3.8) is 0 Å². The first kappa shape index (κ1) is 14.4. The molecular formula is C19H16N4O. The average Bonchev–Trinajstić information content (AvgIpc) is 3.09. The molecule has 0 saturated carbocycles. The number of rotatable bonds is 4. The molecule has 1 N–H and O–H groups in total. The largest absolute Gasteiger partial charge is 0.419 e. The van der Waals surface area contributed by atoms with Crippen molar-refractivity contribution in [2.45, 2.75) is 13.5 Å². The summed E-state index contributed by atoms with van der Waals surface area (Å²) in [4.78, 5) is 4.54. The zero-order chi connectivity index (χ0) is 16.4. The van der Waals surface area contributed by atoms with E-state index in [4.69, 9.17) is 4.42 Å². The van der Waals surface area contributed by atoms with Gasteiger partial charge in [0, 0.05) is 22.3 Å². The van der Waals surface area contributed by atoms with Gasteiger partial charge in [0.2, 0.25) is 11.8 Å². The topological polar surface area (TPSA) is 63.8 Å². The number of aromatic nitrogens is 3. The molecule has 0 aliphatic rings. The van der Waals surface area contributed by atoms with Crippen molar-refractivity contribution in [2.75, 3.05) is 5.32 Å². The highest BCUT2D eigenvalue weighted by molar-refractivity contribution is 5.91. The molecule has 0 bridgehead atoms. The van der Waals surface area contributed by atoms with Gasteiger partial charge in [0.05, 0.1) is 12.1 Å². The van der Waals surface area contributed by atoms with Crippen LogP contribution in [0.2, 0.25) is 0 Å². The Hall–Kier alpha value is -3.21. The summed E-state index contributed by atoms with van der Waals surface area (Å²) in [5, 5.41) is 12.7. The van der Waals surface area contributed by atoms with E-state index in [0.29, 0.717) is 18.3 Å². The Kier molecular flexibility index (Phi) is 3.67. The quantitative estimate of drug-likeness (QED) is 0.611. The minimum Gasteiger partial charge on any atom is -0.419 e. The predicted octanol–water partition coefficient (Wildman–Crippen LogP) is 4.21. The summed E-state index contributed by atoms with van der Waals surface area (Å²) < 4.78 is 5.73. The van der Waals surface area contributed by atoms with Crippen molar-refractivity contribution >= 4 is 16.6 Å². The number of hydrogen-bond acceptors (Lipinski definition) is 5. The van der Waals surface area contributed by atoms with E-state index in [1.807, 2.05) is 67.6 Å². The number of nitrogens with zero attached hydrogens (tertiary/aromatic N) is 3. The molecule has 0 fully saturated rings. The Labute approximate surface area is 139 Å². The normalized spacial score (nSPS) is 10.9. The maximum Gasteiger partial charge on any atom is 0.247 e. The number of aryl methyl sites for hydroxylation is 1. The molecule has 0 atom stereocenters. The third kappa shape index (κ3) is 2.84. The molecule has 2 heterocycles. The molecule has 0 aliphatic heterocycles. The van der Waals surface area contributed by atoms with Gasteiger partial charge in [-0.05, 0) is 31.2 Å². The van der Waals surface area contributed by atoms with Crippen LogP contribution in [0.15, 0.2) is 65.1 Å². The maximum absolute atomic E-state index is 5.73. The van der Waals surface area contributed by atoms with Gasteiger partial charge in [0.1, 0.15) is 0 Å². The van der Waals surface area contributed by atoms with E-state index >= 15 is 0 Å². The number of benzene rings is 2. The van der Waals surface area contributed by atoms with E-state index in [0.717, 1.165) is 27.8 Å². The lowest BCUT2D eigenvalue weighted by molar-refractivity contribution is 0.515. The Morgan fingerprint density at radius 3 is 2.62 bits per heavy atom. The van der Waals surface area contributed by atoms with Crippen LogP contribution in [-0.2, 0) is 6.54 Å². The average molecular weight is 316 g/mol. The molecule has 0 unspecified atom stereocenters. The van der Waals surface area contributed by atoms with Crippen LogP contribution in [0.3, 0.4) is 0 Å². The van der Waals surface area contributed by atoms with E-state index in [2.05, 4.69) is 20.5 Å². The third-order valence-corrected chi connectivity index (χ3v) is 3.76. The second-order valence-corrected chi connectivity index (χ2v) is 5.55. The highest BCUT2D eigenvalue weighted by atomic mass is 16.4. The lowest BCUT2D eigenvalue weighted by Crippen LogP contribution is -2.01. The van der Waals surface area contributed by atoms with Crippen LogP contribution in [0.25, 0.3) is 22.4 Å². The van der Waals surface area contributed by atoms with E-state index in [1.54, 1.807) is 0 Å². The van der Waals surface area contributed by atoms with Gasteiger partial charge in [-0.3, -0.25) is 4.98 Å². The summed E-state index contributed by atoms with van der Waals surface area (Å²) in [6, 6.07) is 19.8. The molecule has 0 amide bonds. The van der Waals surface area contributed by atoms with E-state index in [1.165, 1.54) is 0 Å². The maximum atomic E-state index is 5.73. The zero-order valence-corrected chi connectivity index (χ0v) is 13.2. The van der Waals surface area contributed by atoms with E-state index < -0.39 is 0 Å². The molecule has 5 nitrogen and oxygen atoms in total. The smallest absolute Gasteiger partial charge is 0.247 e. The second-order valence-electron chi connectivity index (χ2n) is 5.55. The van der Waals surface area contributed by atoms with Gasteiger partial charge in [-0.2, -0.15) is 0 Å². The Bertz CT molecular complexity index is 979. The van der Waals surface area contributed by atoms with Crippen LogP contribution < -0.4 is 5.32 Å². The van der Waals surface area contributed by atoms with Gasteiger partial charge < -0.3 is 9.73 Å². The van der Waals surface area contributed by atoms with Crippen LogP contribution in [0.4, 0.5) is 5.69 Å². The van der Waals surface area contributed by atoms with Crippen LogP contribution in [0.5, 0.6) is 0 Å². The molecule has 0 radical (unpaired) electrons. The molecule has 0 saturated heterocycles. The lowest BCUT2D eigenvalue weighted by Gasteiger charge is -2.09. The number of fused-ring (bicyclic) bond motifs is 1. The fraction of sp³-hybridized carbons (Fsp3) is 0.105. The van der Waals surface area contributed by atoms with Crippen LogP contribution in [-0.4, -0.2) is 15.2 Å². The second kappa shape index (κ2) is 6.12. The van der Waals surface area contributed by atoms with Gasteiger partial charge in [0.15, 0.2) is 0 Å². The van der Waals surface area contributed by atoms with Crippen LogP contribution in [0.1, 0.15) is 11.6 Å². The molecule has 118 valence electrons. The Morgan fingerprint density at radius 1 is 0.958 bits per heavy atom. The van der Waals surface area contributed by atoms with Crippen molar-refractivity contribution in [1.29, 1.82) is 0 Å². The first-order chi connectivity index (χ1) is 11.8. The fourth-order valence-electron chi connectivity index (χ4n) is 2.65. The molecular weight excluding hydrogens is 300 g/mol. The molecule has 4 rings (SSSR count). The summed E-state index contributed by atoms with van der Waals surface area (Å²) in [5.74, 6) is 1.08. The number of pyridine rings is 1. The monoisotopic (exact) mass is 316 g/mol. The molecule has 2 aromatic heterocycles. The van der Waals surface area contributed by atoms with Gasteiger partial charge in [-0.25, -0.2) is 0 Å². The summed E-state index contributed by atoms with van der Waals surface area (Å²) >= 11 is 0. The Morgan fingerprint density at radius 2 is 1.75 bits per heavy atom. The summed E-state index contributed by atoms with van der Waals surface area (Å²) in [7, 11) is 0. The lowest BCUT2D eigenvalue weighted by atomic mass is 10.1. The summed E-state index contributed by atoms with van der Waals surface area (Å²) in [6.45, 7) is 2.45. The van der Waals surface area contributed by atoms with Gasteiger partial charge >= 0.3 is 0 Å². The molecule has 24 heavy (non-hydrogen) atoms. The molecule has 0 aliphatic carbocycles. The Balaban J connectivity index is 1.57. The van der Waals surface area contributed by atoms with Crippen molar-refractivity contribution in [3.8, 4) is 11.5 Å². The first-order valence-corrected chi connectivity index (χ1v) is 7.78. The van der Waals surface area contributed by atoms with Crippen molar-refractivity contribution in [2.24, 2.45) is 0 Å². The van der Waals surface area contributed by atoms with Gasteiger partial charge in [0.25, 0.3) is 0 Å². The fourth-order valence-corrected chi connectivity index (χ4v) is 2.65. The SMILES string of the molecule is Cc1cc(NCc2nnc(-c3ccccc3)o2)c2ccccc2n1. The van der Waals surface area contributed by atoms with Crippen LogP contribution >= 0.6 is 0 Å². The van der Waals surface area contributed by atoms with Gasteiger partial charge in [-0.15, -0.1) is 10.2 Å². The van der Waals surface area contributed by atoms with E-state index in [-0.39, 0.29) is 0 Å². The number of hydrogen-bond donors (Lipinski definition) is 1. The van der Waals surface area contributed by atoms with Crippen molar-refractivity contribution in [3.05, 3.63) is 72.2 Å². The van der Waals surface area contributed by atoms with Crippen molar-refractivity contribution < 1.29 is 4.42 Å². The highest BCUT2D eigenvalue weighted by Crippen LogP contribution is 2.24. The molecule has 4 aromatic rings. The van der Waals surface area contributed by atoms with Crippen molar-refractivity contribution in [1.82, 2.24) is 15.2 Å². The number of para-hydroxylation sites is 1. The third-order valence-electron chi connectivity index (χ3n) is 3.76. The first-order valence-electron chi connectivity index (χ1n) is 7.78.